The average Bonchev–Trinajstić information content (AvgIpc) is 2.68. The summed E-state index contributed by atoms with van der Waals surface area (Å²) in [5, 5.41) is 33.0. The molecule has 3 aromatic rings. The van der Waals surface area contributed by atoms with Crippen LogP contribution in [0.1, 0.15) is 49.0 Å². The Bertz CT molecular complexity index is 1140. The largest absolute Gasteiger partial charge is 0.508 e. The molecule has 31 heavy (non-hydrogen) atoms. The number of nitrogens with zero attached hydrogens (tertiary/aromatic N) is 3. The van der Waals surface area contributed by atoms with E-state index in [-0.39, 0.29) is 34.8 Å². The predicted molar refractivity (Wildman–Crippen MR) is 114 cm³/mol. The molecule has 0 saturated heterocycles. The van der Waals surface area contributed by atoms with Crippen LogP contribution in [0.3, 0.4) is 0 Å². The van der Waals surface area contributed by atoms with Crippen molar-refractivity contribution in [1.29, 1.82) is 0 Å². The van der Waals surface area contributed by atoms with Crippen LogP contribution in [0.25, 0.3) is 11.0 Å². The number of fused-ring (bicyclic) bond motifs is 1. The lowest BCUT2D eigenvalue weighted by Crippen LogP contribution is -2.38. The molecular weight excluding hydrogens is 405 g/mol. The maximum Gasteiger partial charge on any atom is 0.339 e. The van der Waals surface area contributed by atoms with E-state index in [1.807, 2.05) is 13.8 Å². The number of aromatic hydroxyl groups is 2. The molecule has 0 fully saturated rings. The SMILES string of the molecule is CCCC[C@](C)(Cc1cc(O)cc(C(=O)O)c1O)Nc1nc(N)nc2cc(F)cnc12. The van der Waals surface area contributed by atoms with Crippen molar-refractivity contribution in [2.45, 2.75) is 45.1 Å². The molecule has 1 atom stereocenters. The number of benzene rings is 1. The number of halogens is 1. The van der Waals surface area contributed by atoms with Crippen molar-refractivity contribution in [3.8, 4) is 11.5 Å². The summed E-state index contributed by atoms with van der Waals surface area (Å²) >= 11 is 0. The van der Waals surface area contributed by atoms with Crippen LogP contribution in [0.15, 0.2) is 24.4 Å². The normalized spacial score (nSPS) is 13.1. The van der Waals surface area contributed by atoms with Gasteiger partial charge in [0.15, 0.2) is 5.82 Å². The van der Waals surface area contributed by atoms with Crippen molar-refractivity contribution >= 4 is 28.8 Å². The smallest absolute Gasteiger partial charge is 0.339 e. The Hall–Kier alpha value is -3.69. The maximum atomic E-state index is 13.6. The summed E-state index contributed by atoms with van der Waals surface area (Å²) < 4.78 is 13.6. The second kappa shape index (κ2) is 8.58. The number of nitrogens with one attached hydrogen (secondary N) is 1. The van der Waals surface area contributed by atoms with E-state index in [2.05, 4.69) is 20.3 Å². The molecule has 9 nitrogen and oxygen atoms in total. The standard InChI is InChI=1S/C21H24FN5O4/c1-3-4-5-21(2,9-11-6-13(28)8-14(17(11)29)19(30)31)27-18-16-15(25-20(23)26-18)7-12(22)10-24-16/h6-8,10,28-29H,3-5,9H2,1-2H3,(H,30,31)(H3,23,25,26,27)/t21-/m1/s1. The Balaban J connectivity index is 2.05. The van der Waals surface area contributed by atoms with Gasteiger partial charge in [0.05, 0.1) is 11.7 Å². The van der Waals surface area contributed by atoms with E-state index in [0.717, 1.165) is 25.1 Å². The van der Waals surface area contributed by atoms with E-state index in [0.29, 0.717) is 17.8 Å². The number of anilines is 2. The van der Waals surface area contributed by atoms with Gasteiger partial charge in [0, 0.05) is 17.2 Å². The number of unbranched alkanes of at least 4 members (excludes halogenated alkanes) is 1. The van der Waals surface area contributed by atoms with Crippen LogP contribution in [0.4, 0.5) is 16.2 Å². The fraction of sp³-hybridized carbons (Fsp3) is 0.333. The highest BCUT2D eigenvalue weighted by Crippen LogP contribution is 2.34. The number of nitrogens with two attached hydrogens (primary N) is 1. The lowest BCUT2D eigenvalue weighted by Gasteiger charge is -2.32. The van der Waals surface area contributed by atoms with E-state index in [1.54, 1.807) is 0 Å². The average molecular weight is 429 g/mol. The number of carboxylic acid groups (broad SMARTS) is 1. The van der Waals surface area contributed by atoms with Gasteiger partial charge < -0.3 is 26.4 Å². The molecule has 3 rings (SSSR count). The van der Waals surface area contributed by atoms with Crippen molar-refractivity contribution in [1.82, 2.24) is 15.0 Å². The van der Waals surface area contributed by atoms with Gasteiger partial charge in [0.25, 0.3) is 0 Å². The van der Waals surface area contributed by atoms with Gasteiger partial charge in [-0.3, -0.25) is 0 Å². The number of aromatic carboxylic acids is 1. The first-order valence-corrected chi connectivity index (χ1v) is 9.77. The highest BCUT2D eigenvalue weighted by Gasteiger charge is 2.29. The Morgan fingerprint density at radius 1 is 1.26 bits per heavy atom. The second-order valence-corrected chi connectivity index (χ2v) is 7.72. The number of rotatable bonds is 8. The number of aromatic nitrogens is 3. The highest BCUT2D eigenvalue weighted by molar-refractivity contribution is 5.92. The number of nitrogen functional groups attached to an aromatic ring is 1. The first kappa shape index (κ1) is 22.0. The molecule has 6 N–H and O–H groups in total. The highest BCUT2D eigenvalue weighted by atomic mass is 19.1. The quantitative estimate of drug-likeness (QED) is 0.339. The summed E-state index contributed by atoms with van der Waals surface area (Å²) in [6, 6.07) is 3.53. The molecule has 0 unspecified atom stereocenters. The van der Waals surface area contributed by atoms with Crippen molar-refractivity contribution in [3.05, 3.63) is 41.3 Å². The van der Waals surface area contributed by atoms with E-state index >= 15 is 0 Å². The van der Waals surface area contributed by atoms with Crippen molar-refractivity contribution in [2.24, 2.45) is 0 Å². The predicted octanol–water partition coefficient (Wildman–Crippen LogP) is 3.46. The number of phenolic OH excluding ortho intramolecular Hbond substituents is 1. The summed E-state index contributed by atoms with van der Waals surface area (Å²) in [7, 11) is 0. The number of pyridine rings is 1. The van der Waals surface area contributed by atoms with Crippen LogP contribution in [-0.2, 0) is 6.42 Å². The summed E-state index contributed by atoms with van der Waals surface area (Å²) in [6.45, 7) is 3.90. The van der Waals surface area contributed by atoms with Crippen LogP contribution in [0, 0.1) is 5.82 Å². The Morgan fingerprint density at radius 2 is 2.00 bits per heavy atom. The van der Waals surface area contributed by atoms with Crippen molar-refractivity contribution in [2.75, 3.05) is 11.1 Å². The minimum atomic E-state index is -1.35. The van der Waals surface area contributed by atoms with Crippen LogP contribution in [0.2, 0.25) is 0 Å². The molecule has 0 aliphatic heterocycles. The number of hydrogen-bond donors (Lipinski definition) is 5. The number of carbonyl (C=O) groups is 1. The topological polar surface area (TPSA) is 154 Å². The molecule has 0 aliphatic carbocycles. The van der Waals surface area contributed by atoms with Crippen LogP contribution >= 0.6 is 0 Å². The van der Waals surface area contributed by atoms with Gasteiger partial charge in [-0.2, -0.15) is 4.98 Å². The molecule has 1 aromatic carbocycles. The van der Waals surface area contributed by atoms with Gasteiger partial charge in [-0.05, 0) is 31.9 Å². The summed E-state index contributed by atoms with van der Waals surface area (Å²) in [4.78, 5) is 23.7. The molecule has 2 aromatic heterocycles. The summed E-state index contributed by atoms with van der Waals surface area (Å²) in [5.41, 5.74) is 5.49. The molecule has 2 heterocycles. The molecular formula is C21H24FN5O4. The van der Waals surface area contributed by atoms with E-state index < -0.39 is 23.1 Å². The fourth-order valence-electron chi connectivity index (χ4n) is 3.54. The first-order valence-electron chi connectivity index (χ1n) is 9.77. The molecule has 0 spiro atoms. The van der Waals surface area contributed by atoms with Gasteiger partial charge in [-0.25, -0.2) is 19.2 Å². The zero-order valence-corrected chi connectivity index (χ0v) is 17.2. The number of hydrogen-bond acceptors (Lipinski definition) is 8. The third-order valence-corrected chi connectivity index (χ3v) is 5.01. The lowest BCUT2D eigenvalue weighted by molar-refractivity contribution is 0.0693. The fourth-order valence-corrected chi connectivity index (χ4v) is 3.54. The molecule has 0 amide bonds. The zero-order chi connectivity index (χ0) is 22.8. The Morgan fingerprint density at radius 3 is 2.68 bits per heavy atom. The first-order chi connectivity index (χ1) is 14.6. The minimum Gasteiger partial charge on any atom is -0.508 e. The van der Waals surface area contributed by atoms with Gasteiger partial charge >= 0.3 is 5.97 Å². The zero-order valence-electron chi connectivity index (χ0n) is 17.2. The third kappa shape index (κ3) is 4.90. The van der Waals surface area contributed by atoms with Crippen LogP contribution in [-0.4, -0.2) is 41.8 Å². The van der Waals surface area contributed by atoms with Gasteiger partial charge in [-0.15, -0.1) is 0 Å². The monoisotopic (exact) mass is 429 g/mol. The third-order valence-electron chi connectivity index (χ3n) is 5.01. The van der Waals surface area contributed by atoms with Crippen LogP contribution in [0.5, 0.6) is 11.5 Å². The molecule has 164 valence electrons. The molecule has 0 aliphatic rings. The molecule has 10 heteroatoms. The lowest BCUT2D eigenvalue weighted by atomic mass is 9.86. The molecule has 0 radical (unpaired) electrons. The summed E-state index contributed by atoms with van der Waals surface area (Å²) in [6.07, 6.45) is 3.54. The Labute approximate surface area is 177 Å². The maximum absolute atomic E-state index is 13.6. The van der Waals surface area contributed by atoms with Gasteiger partial charge in [-0.1, -0.05) is 19.8 Å². The summed E-state index contributed by atoms with van der Waals surface area (Å²) in [5.74, 6) is -2.36. The molecule has 0 bridgehead atoms. The van der Waals surface area contributed by atoms with E-state index in [1.165, 1.54) is 12.1 Å². The molecule has 0 saturated carbocycles. The van der Waals surface area contributed by atoms with E-state index in [4.69, 9.17) is 5.73 Å². The van der Waals surface area contributed by atoms with Gasteiger partial charge in [0.2, 0.25) is 5.95 Å². The minimum absolute atomic E-state index is 0.0615. The van der Waals surface area contributed by atoms with Gasteiger partial charge in [0.1, 0.15) is 28.4 Å². The number of carboxylic acids is 1. The van der Waals surface area contributed by atoms with Crippen LogP contribution < -0.4 is 11.1 Å². The van der Waals surface area contributed by atoms with Crippen molar-refractivity contribution < 1.29 is 24.5 Å². The van der Waals surface area contributed by atoms with Crippen molar-refractivity contribution in [3.63, 3.8) is 0 Å². The van der Waals surface area contributed by atoms with E-state index in [9.17, 15) is 24.5 Å². The second-order valence-electron chi connectivity index (χ2n) is 7.72. The number of phenols is 2. The Kier molecular flexibility index (Phi) is 6.09.